The summed E-state index contributed by atoms with van der Waals surface area (Å²) in [6.45, 7) is 2.00. The molecule has 23 heavy (non-hydrogen) atoms. The van der Waals surface area contributed by atoms with Gasteiger partial charge in [0.2, 0.25) is 5.91 Å². The average molecular weight is 312 g/mol. The minimum Gasteiger partial charge on any atom is -0.465 e. The van der Waals surface area contributed by atoms with Gasteiger partial charge in [0.25, 0.3) is 0 Å². The first-order chi connectivity index (χ1) is 11.1. The van der Waals surface area contributed by atoms with Crippen LogP contribution >= 0.6 is 0 Å². The Morgan fingerprint density at radius 1 is 1.04 bits per heavy atom. The Kier molecular flexibility index (Phi) is 5.74. The topological polar surface area (TPSA) is 67.4 Å². The van der Waals surface area contributed by atoms with E-state index >= 15 is 0 Å². The van der Waals surface area contributed by atoms with E-state index in [1.807, 2.05) is 37.3 Å². The van der Waals surface area contributed by atoms with Crippen molar-refractivity contribution in [3.05, 3.63) is 65.7 Å². The Morgan fingerprint density at radius 3 is 2.39 bits per heavy atom. The van der Waals surface area contributed by atoms with Gasteiger partial charge in [0.1, 0.15) is 0 Å². The molecule has 0 heterocycles. The maximum atomic E-state index is 12.1. The monoisotopic (exact) mass is 312 g/mol. The number of anilines is 1. The molecule has 5 heteroatoms. The second-order valence-corrected chi connectivity index (χ2v) is 5.09. The molecule has 0 spiro atoms. The molecule has 2 rings (SSSR count). The molecule has 1 unspecified atom stereocenters. The van der Waals surface area contributed by atoms with Crippen LogP contribution in [0.25, 0.3) is 0 Å². The van der Waals surface area contributed by atoms with Crippen LogP contribution in [0.1, 0.15) is 28.9 Å². The molecule has 0 aromatic heterocycles. The fourth-order valence-corrected chi connectivity index (χ4v) is 2.22. The summed E-state index contributed by atoms with van der Waals surface area (Å²) in [6, 6.07) is 16.6. The summed E-state index contributed by atoms with van der Waals surface area (Å²) in [7, 11) is 1.33. The van der Waals surface area contributed by atoms with Crippen LogP contribution in [-0.2, 0) is 9.53 Å². The van der Waals surface area contributed by atoms with Crippen LogP contribution in [0, 0.1) is 0 Å². The van der Waals surface area contributed by atoms with E-state index < -0.39 is 5.97 Å². The van der Waals surface area contributed by atoms with Crippen molar-refractivity contribution in [1.82, 2.24) is 5.32 Å². The van der Waals surface area contributed by atoms with Gasteiger partial charge in [-0.1, -0.05) is 42.5 Å². The molecule has 2 aromatic rings. The van der Waals surface area contributed by atoms with Crippen molar-refractivity contribution in [3.63, 3.8) is 0 Å². The Balaban J connectivity index is 1.94. The van der Waals surface area contributed by atoms with E-state index in [1.165, 1.54) is 7.11 Å². The molecule has 0 saturated heterocycles. The molecule has 0 aliphatic rings. The van der Waals surface area contributed by atoms with Crippen LogP contribution in [0.4, 0.5) is 5.69 Å². The molecule has 2 N–H and O–H groups in total. The molecule has 0 radical (unpaired) electrons. The second kappa shape index (κ2) is 7.98. The molecule has 0 aliphatic carbocycles. The van der Waals surface area contributed by atoms with Crippen molar-refractivity contribution in [2.45, 2.75) is 13.0 Å². The van der Waals surface area contributed by atoms with Crippen LogP contribution < -0.4 is 10.6 Å². The van der Waals surface area contributed by atoms with E-state index in [0.717, 1.165) is 5.56 Å². The average Bonchev–Trinajstić information content (AvgIpc) is 2.60. The van der Waals surface area contributed by atoms with E-state index in [1.54, 1.807) is 24.3 Å². The van der Waals surface area contributed by atoms with Crippen molar-refractivity contribution in [2.24, 2.45) is 0 Å². The highest BCUT2D eigenvalue weighted by Gasteiger charge is 2.13. The minimum atomic E-state index is -0.439. The molecular formula is C18H20N2O3. The third-order valence-corrected chi connectivity index (χ3v) is 3.45. The van der Waals surface area contributed by atoms with E-state index in [2.05, 4.69) is 10.6 Å². The van der Waals surface area contributed by atoms with Gasteiger partial charge in [-0.3, -0.25) is 4.79 Å². The van der Waals surface area contributed by atoms with E-state index in [4.69, 9.17) is 4.74 Å². The zero-order valence-corrected chi connectivity index (χ0v) is 13.2. The number of ether oxygens (including phenoxy) is 1. The molecule has 0 saturated carbocycles. The third-order valence-electron chi connectivity index (χ3n) is 3.45. The zero-order valence-electron chi connectivity index (χ0n) is 13.2. The second-order valence-electron chi connectivity index (χ2n) is 5.09. The van der Waals surface area contributed by atoms with Gasteiger partial charge in [-0.25, -0.2) is 4.79 Å². The predicted molar refractivity (Wildman–Crippen MR) is 89.3 cm³/mol. The molecule has 1 atom stereocenters. The number of benzene rings is 2. The summed E-state index contributed by atoms with van der Waals surface area (Å²) >= 11 is 0. The first kappa shape index (κ1) is 16.5. The number of carbonyl (C=O) groups excluding carboxylic acids is 2. The summed E-state index contributed by atoms with van der Waals surface area (Å²) in [6.07, 6.45) is 0. The first-order valence-corrected chi connectivity index (χ1v) is 7.37. The molecule has 0 aliphatic heterocycles. The lowest BCUT2D eigenvalue weighted by Gasteiger charge is -2.15. The largest absolute Gasteiger partial charge is 0.465 e. The summed E-state index contributed by atoms with van der Waals surface area (Å²) in [5.41, 5.74) is 2.01. The van der Waals surface area contributed by atoms with Gasteiger partial charge >= 0.3 is 5.97 Å². The van der Waals surface area contributed by atoms with Crippen LogP contribution in [0.2, 0.25) is 0 Å². The summed E-state index contributed by atoms with van der Waals surface area (Å²) < 4.78 is 4.73. The minimum absolute atomic E-state index is 0.0746. The maximum Gasteiger partial charge on any atom is 0.339 e. The van der Waals surface area contributed by atoms with Gasteiger partial charge in [-0.15, -0.1) is 0 Å². The van der Waals surface area contributed by atoms with E-state index in [-0.39, 0.29) is 18.5 Å². The Morgan fingerprint density at radius 2 is 1.70 bits per heavy atom. The van der Waals surface area contributed by atoms with E-state index in [9.17, 15) is 9.59 Å². The lowest BCUT2D eigenvalue weighted by Crippen LogP contribution is -2.32. The van der Waals surface area contributed by atoms with Gasteiger partial charge in [-0.2, -0.15) is 0 Å². The molecular weight excluding hydrogens is 292 g/mol. The summed E-state index contributed by atoms with van der Waals surface area (Å²) in [4.78, 5) is 23.7. The number of esters is 1. The van der Waals surface area contributed by atoms with Crippen molar-refractivity contribution in [2.75, 3.05) is 19.0 Å². The lowest BCUT2D eigenvalue weighted by atomic mass is 10.1. The Hall–Kier alpha value is -2.82. The van der Waals surface area contributed by atoms with Crippen molar-refractivity contribution < 1.29 is 14.3 Å². The highest BCUT2D eigenvalue weighted by atomic mass is 16.5. The third kappa shape index (κ3) is 4.57. The van der Waals surface area contributed by atoms with Gasteiger partial charge in [0, 0.05) is 5.69 Å². The standard InChI is InChI=1S/C18H20N2O3/c1-13(14-8-4-3-5-9-14)20-17(21)12-19-16-11-7-6-10-15(16)18(22)23-2/h3-11,13,19H,12H2,1-2H3,(H,20,21). The van der Waals surface area contributed by atoms with Gasteiger partial charge < -0.3 is 15.4 Å². The number of hydrogen-bond acceptors (Lipinski definition) is 4. The van der Waals surface area contributed by atoms with Gasteiger partial charge in [0.05, 0.1) is 25.3 Å². The number of rotatable bonds is 6. The smallest absolute Gasteiger partial charge is 0.339 e. The molecule has 2 aromatic carbocycles. The molecule has 1 amide bonds. The van der Waals surface area contributed by atoms with Crippen molar-refractivity contribution in [1.29, 1.82) is 0 Å². The Labute approximate surface area is 135 Å². The number of amides is 1. The summed E-state index contributed by atoms with van der Waals surface area (Å²) in [5.74, 6) is -0.591. The predicted octanol–water partition coefficient (Wildman–Crippen LogP) is 2.76. The van der Waals surface area contributed by atoms with Crippen LogP contribution in [0.15, 0.2) is 54.6 Å². The Bertz CT molecular complexity index is 671. The fourth-order valence-electron chi connectivity index (χ4n) is 2.22. The van der Waals surface area contributed by atoms with E-state index in [0.29, 0.717) is 11.3 Å². The molecule has 120 valence electrons. The van der Waals surface area contributed by atoms with Crippen molar-refractivity contribution in [3.8, 4) is 0 Å². The lowest BCUT2D eigenvalue weighted by molar-refractivity contribution is -0.120. The van der Waals surface area contributed by atoms with Crippen LogP contribution in [-0.4, -0.2) is 25.5 Å². The molecule has 0 fully saturated rings. The van der Waals surface area contributed by atoms with Crippen molar-refractivity contribution >= 4 is 17.6 Å². The highest BCUT2D eigenvalue weighted by Crippen LogP contribution is 2.16. The number of carbonyl (C=O) groups is 2. The number of methoxy groups -OCH3 is 1. The fraction of sp³-hybridized carbons (Fsp3) is 0.222. The SMILES string of the molecule is COC(=O)c1ccccc1NCC(=O)NC(C)c1ccccc1. The maximum absolute atomic E-state index is 12.1. The number of hydrogen-bond donors (Lipinski definition) is 2. The number of nitrogens with one attached hydrogen (secondary N) is 2. The number of para-hydroxylation sites is 1. The normalized spacial score (nSPS) is 11.4. The van der Waals surface area contributed by atoms with Crippen LogP contribution in [0.5, 0.6) is 0 Å². The van der Waals surface area contributed by atoms with Gasteiger partial charge in [0.15, 0.2) is 0 Å². The van der Waals surface area contributed by atoms with Crippen LogP contribution in [0.3, 0.4) is 0 Å². The quantitative estimate of drug-likeness (QED) is 0.805. The molecule has 5 nitrogen and oxygen atoms in total. The van der Waals surface area contributed by atoms with Gasteiger partial charge in [-0.05, 0) is 24.6 Å². The first-order valence-electron chi connectivity index (χ1n) is 7.37. The zero-order chi connectivity index (χ0) is 16.7. The molecule has 0 bridgehead atoms. The summed E-state index contributed by atoms with van der Waals surface area (Å²) in [5, 5.41) is 5.88. The highest BCUT2D eigenvalue weighted by molar-refractivity contribution is 5.96.